The number of nitro groups is 1. The first-order chi connectivity index (χ1) is 12.5. The molecule has 0 aromatic carbocycles. The van der Waals surface area contributed by atoms with E-state index in [2.05, 4.69) is 26.3 Å². The molecule has 0 saturated carbocycles. The zero-order valence-corrected chi connectivity index (χ0v) is 15.2. The van der Waals surface area contributed by atoms with Gasteiger partial charge in [0.1, 0.15) is 6.20 Å². The maximum Gasteiger partial charge on any atom is 0.363 e. The normalized spacial score (nSPS) is 14.9. The fourth-order valence-electron chi connectivity index (χ4n) is 2.78. The number of nitrogens with one attached hydrogen (secondary N) is 1. The molecule has 1 fully saturated rings. The van der Waals surface area contributed by atoms with Gasteiger partial charge >= 0.3 is 5.82 Å². The highest BCUT2D eigenvalue weighted by atomic mass is 32.1. The highest BCUT2D eigenvalue weighted by Gasteiger charge is 2.16. The van der Waals surface area contributed by atoms with Crippen LogP contribution in [-0.2, 0) is 11.3 Å². The Bertz CT molecular complexity index is 821. The first-order valence-electron chi connectivity index (χ1n) is 8.24. The van der Waals surface area contributed by atoms with Crippen LogP contribution in [0.3, 0.4) is 0 Å². The monoisotopic (exact) mass is 373 g/mol. The number of piperidine rings is 1. The second-order valence-electron chi connectivity index (χ2n) is 6.10. The van der Waals surface area contributed by atoms with Gasteiger partial charge in [-0.05, 0) is 28.8 Å². The standard InChI is InChI=1S/C17H19N5O3S/c1-12(23)20-17-19-10-15(26-17)11-21-6-4-13(5-7-21)8-14-2-3-16(18-9-14)22(24)25/h2-3,8-10H,4-7,11H2,1H3,(H,19,20,23). The van der Waals surface area contributed by atoms with Crippen molar-refractivity contribution in [3.05, 3.63) is 50.7 Å². The number of amides is 1. The van der Waals surface area contributed by atoms with Crippen molar-refractivity contribution >= 4 is 34.3 Å². The van der Waals surface area contributed by atoms with Crippen LogP contribution in [0.2, 0.25) is 0 Å². The minimum absolute atomic E-state index is 0.112. The van der Waals surface area contributed by atoms with Gasteiger partial charge in [0.2, 0.25) is 5.91 Å². The summed E-state index contributed by atoms with van der Waals surface area (Å²) in [4.78, 5) is 32.7. The lowest BCUT2D eigenvalue weighted by Gasteiger charge is -2.27. The second kappa shape index (κ2) is 8.15. The van der Waals surface area contributed by atoms with E-state index < -0.39 is 4.92 Å². The highest BCUT2D eigenvalue weighted by molar-refractivity contribution is 7.15. The summed E-state index contributed by atoms with van der Waals surface area (Å²) in [7, 11) is 0. The molecule has 0 aliphatic carbocycles. The predicted octanol–water partition coefficient (Wildman–Crippen LogP) is 3.08. The van der Waals surface area contributed by atoms with E-state index in [1.807, 2.05) is 6.20 Å². The number of carbonyl (C=O) groups is 1. The largest absolute Gasteiger partial charge is 0.363 e. The lowest BCUT2D eigenvalue weighted by molar-refractivity contribution is -0.389. The molecule has 3 rings (SSSR count). The highest BCUT2D eigenvalue weighted by Crippen LogP contribution is 2.24. The van der Waals surface area contributed by atoms with Gasteiger partial charge in [-0.2, -0.15) is 0 Å². The number of anilines is 1. The van der Waals surface area contributed by atoms with E-state index in [-0.39, 0.29) is 11.7 Å². The van der Waals surface area contributed by atoms with Crippen LogP contribution in [0.15, 0.2) is 30.1 Å². The molecule has 9 heteroatoms. The molecule has 1 aliphatic heterocycles. The third kappa shape index (κ3) is 4.93. The molecule has 1 N–H and O–H groups in total. The number of aromatic nitrogens is 2. The van der Waals surface area contributed by atoms with Gasteiger partial charge in [0.25, 0.3) is 0 Å². The summed E-state index contributed by atoms with van der Waals surface area (Å²) >= 11 is 1.50. The van der Waals surface area contributed by atoms with Gasteiger partial charge in [0.05, 0.1) is 0 Å². The summed E-state index contributed by atoms with van der Waals surface area (Å²) in [6, 6.07) is 3.16. The molecule has 2 aromatic heterocycles. The zero-order valence-electron chi connectivity index (χ0n) is 14.3. The smallest absolute Gasteiger partial charge is 0.358 e. The fourth-order valence-corrected chi connectivity index (χ4v) is 3.68. The van der Waals surface area contributed by atoms with Gasteiger partial charge in [-0.1, -0.05) is 11.6 Å². The summed E-state index contributed by atoms with van der Waals surface area (Å²) in [5.41, 5.74) is 2.21. The third-order valence-electron chi connectivity index (χ3n) is 4.04. The maximum absolute atomic E-state index is 11.1. The quantitative estimate of drug-likeness (QED) is 0.638. The molecular weight excluding hydrogens is 354 g/mol. The van der Waals surface area contributed by atoms with Crippen molar-refractivity contribution in [1.29, 1.82) is 0 Å². The number of hydrogen-bond acceptors (Lipinski definition) is 7. The molecule has 1 aliphatic rings. The molecule has 0 spiro atoms. The number of nitrogens with zero attached hydrogens (tertiary/aromatic N) is 4. The van der Waals surface area contributed by atoms with Crippen molar-refractivity contribution in [3.8, 4) is 0 Å². The number of hydrogen-bond donors (Lipinski definition) is 1. The predicted molar refractivity (Wildman–Crippen MR) is 99.8 cm³/mol. The molecule has 136 valence electrons. The van der Waals surface area contributed by atoms with E-state index in [9.17, 15) is 14.9 Å². The van der Waals surface area contributed by atoms with E-state index in [4.69, 9.17) is 0 Å². The molecule has 2 aromatic rings. The van der Waals surface area contributed by atoms with Gasteiger partial charge in [0.15, 0.2) is 5.13 Å². The van der Waals surface area contributed by atoms with Gasteiger partial charge in [-0.25, -0.2) is 4.98 Å². The number of rotatable bonds is 5. The zero-order chi connectivity index (χ0) is 18.5. The lowest BCUT2D eigenvalue weighted by Crippen LogP contribution is -2.29. The van der Waals surface area contributed by atoms with E-state index in [0.717, 1.165) is 42.9 Å². The Hall–Kier alpha value is -2.65. The van der Waals surface area contributed by atoms with E-state index in [1.54, 1.807) is 12.3 Å². The molecule has 0 atom stereocenters. The second-order valence-corrected chi connectivity index (χ2v) is 7.21. The van der Waals surface area contributed by atoms with Crippen LogP contribution in [0.1, 0.15) is 30.2 Å². The topological polar surface area (TPSA) is 101 Å². The van der Waals surface area contributed by atoms with Crippen LogP contribution in [0.5, 0.6) is 0 Å². The van der Waals surface area contributed by atoms with Crippen molar-refractivity contribution in [2.45, 2.75) is 26.3 Å². The Labute approximate surface area is 154 Å². The van der Waals surface area contributed by atoms with Crippen molar-refractivity contribution in [3.63, 3.8) is 0 Å². The minimum atomic E-state index is -0.494. The summed E-state index contributed by atoms with van der Waals surface area (Å²) < 4.78 is 0. The van der Waals surface area contributed by atoms with Crippen LogP contribution in [0.4, 0.5) is 10.9 Å². The summed E-state index contributed by atoms with van der Waals surface area (Å²) in [6.07, 6.45) is 7.32. The first kappa shape index (κ1) is 18.2. The molecule has 1 amide bonds. The number of thiazole rings is 1. The molecule has 3 heterocycles. The molecule has 1 saturated heterocycles. The Morgan fingerprint density at radius 3 is 2.73 bits per heavy atom. The van der Waals surface area contributed by atoms with E-state index >= 15 is 0 Å². The number of carbonyl (C=O) groups excluding carboxylic acids is 1. The summed E-state index contributed by atoms with van der Waals surface area (Å²) in [6.45, 7) is 4.18. The molecule has 0 bridgehead atoms. The van der Waals surface area contributed by atoms with E-state index in [0.29, 0.717) is 5.13 Å². The molecule has 8 nitrogen and oxygen atoms in total. The average molecular weight is 373 g/mol. The molecular formula is C17H19N5O3S. The van der Waals surface area contributed by atoms with Gasteiger partial charge in [-0.3, -0.25) is 9.69 Å². The molecule has 0 radical (unpaired) electrons. The van der Waals surface area contributed by atoms with E-state index in [1.165, 1.54) is 29.9 Å². The fraction of sp³-hybridized carbons (Fsp3) is 0.353. The molecule has 26 heavy (non-hydrogen) atoms. The average Bonchev–Trinajstić information content (AvgIpc) is 3.03. The molecule has 0 unspecified atom stereocenters. The van der Waals surface area contributed by atoms with Crippen LogP contribution in [0.25, 0.3) is 6.08 Å². The Kier molecular flexibility index (Phi) is 5.69. The SMILES string of the molecule is CC(=O)Nc1ncc(CN2CCC(=Cc3ccc([N+](=O)[O-])nc3)CC2)s1. The van der Waals surface area contributed by atoms with Crippen LogP contribution in [0, 0.1) is 10.1 Å². The third-order valence-corrected chi connectivity index (χ3v) is 4.94. The first-order valence-corrected chi connectivity index (χ1v) is 9.06. The van der Waals surface area contributed by atoms with Crippen LogP contribution >= 0.6 is 11.3 Å². The van der Waals surface area contributed by atoms with Crippen molar-refractivity contribution in [1.82, 2.24) is 14.9 Å². The summed E-state index contributed by atoms with van der Waals surface area (Å²) in [5, 5.41) is 14.0. The van der Waals surface area contributed by atoms with Gasteiger partial charge in [-0.15, -0.1) is 11.3 Å². The van der Waals surface area contributed by atoms with Crippen molar-refractivity contribution in [2.24, 2.45) is 0 Å². The van der Waals surface area contributed by atoms with Crippen LogP contribution in [-0.4, -0.2) is 38.8 Å². The summed E-state index contributed by atoms with van der Waals surface area (Å²) in [5.74, 6) is -0.246. The van der Waals surface area contributed by atoms with Gasteiger partial charge in [0, 0.05) is 49.3 Å². The number of likely N-dealkylation sites (tertiary alicyclic amines) is 1. The Morgan fingerprint density at radius 1 is 1.35 bits per heavy atom. The van der Waals surface area contributed by atoms with Crippen LogP contribution < -0.4 is 5.32 Å². The van der Waals surface area contributed by atoms with Gasteiger partial charge < -0.3 is 15.4 Å². The Balaban J connectivity index is 1.52. The van der Waals surface area contributed by atoms with Crippen molar-refractivity contribution < 1.29 is 9.72 Å². The maximum atomic E-state index is 11.1. The Morgan fingerprint density at radius 2 is 2.12 bits per heavy atom. The number of pyridine rings is 1. The van der Waals surface area contributed by atoms with Crippen molar-refractivity contribution in [2.75, 3.05) is 18.4 Å². The lowest BCUT2D eigenvalue weighted by atomic mass is 10.0. The minimum Gasteiger partial charge on any atom is -0.358 e.